The number of halogens is 1. The fourth-order valence-corrected chi connectivity index (χ4v) is 2.61. The van der Waals surface area contributed by atoms with E-state index in [9.17, 15) is 4.79 Å². The van der Waals surface area contributed by atoms with Crippen molar-refractivity contribution in [1.29, 1.82) is 0 Å². The molecule has 0 fully saturated rings. The van der Waals surface area contributed by atoms with Crippen LogP contribution in [-0.4, -0.2) is 15.0 Å². The smallest absolute Gasteiger partial charge is 0.304 e. The minimum atomic E-state index is -0.243. The van der Waals surface area contributed by atoms with Crippen molar-refractivity contribution in [3.8, 4) is 0 Å². The lowest BCUT2D eigenvalue weighted by molar-refractivity contribution is 0.525. The van der Waals surface area contributed by atoms with Gasteiger partial charge in [-0.05, 0) is 18.3 Å². The Kier molecular flexibility index (Phi) is 3.24. The molecule has 92 valence electrons. The normalized spacial score (nSPS) is 13.5. The number of imidazole rings is 1. The predicted octanol–water partition coefficient (Wildman–Crippen LogP) is 3.05. The van der Waals surface area contributed by atoms with Crippen LogP contribution in [0.3, 0.4) is 0 Å². The second-order valence-corrected chi connectivity index (χ2v) is 5.26. The summed E-state index contributed by atoms with van der Waals surface area (Å²) in [5.41, 5.74) is 2.04. The topological polar surface area (TPSA) is 61.5 Å². The molecule has 17 heavy (non-hydrogen) atoms. The van der Waals surface area contributed by atoms with Crippen LogP contribution in [0.25, 0.3) is 11.2 Å². The molecule has 0 saturated carbocycles. The van der Waals surface area contributed by atoms with E-state index in [0.717, 1.165) is 17.5 Å². The van der Waals surface area contributed by atoms with E-state index in [1.165, 1.54) is 0 Å². The van der Waals surface area contributed by atoms with Crippen molar-refractivity contribution in [2.75, 3.05) is 0 Å². The molecule has 0 aliphatic heterocycles. The van der Waals surface area contributed by atoms with Gasteiger partial charge in [-0.3, -0.25) is 4.98 Å². The molecule has 2 rings (SSSR count). The van der Waals surface area contributed by atoms with E-state index >= 15 is 0 Å². The Hall–Kier alpha value is -1.29. The molecule has 1 unspecified atom stereocenters. The van der Waals surface area contributed by atoms with Crippen LogP contribution in [0.15, 0.2) is 11.0 Å². The Morgan fingerprint density at radius 2 is 2.06 bits per heavy atom. The van der Waals surface area contributed by atoms with E-state index in [2.05, 4.69) is 35.7 Å². The van der Waals surface area contributed by atoms with Crippen molar-refractivity contribution in [3.05, 3.63) is 27.3 Å². The lowest BCUT2D eigenvalue weighted by atomic mass is 9.92. The molecule has 0 amide bonds. The van der Waals surface area contributed by atoms with Gasteiger partial charge in [-0.1, -0.05) is 32.4 Å². The summed E-state index contributed by atoms with van der Waals surface area (Å²) in [6.45, 7) is 6.46. The quantitative estimate of drug-likeness (QED) is 0.883. The number of hydrogen-bond donors (Lipinski definition) is 2. The number of nitrogens with one attached hydrogen (secondary N) is 2. The zero-order valence-electron chi connectivity index (χ0n) is 10.2. The van der Waals surface area contributed by atoms with Crippen molar-refractivity contribution < 1.29 is 0 Å². The summed E-state index contributed by atoms with van der Waals surface area (Å²) in [4.78, 5) is 20.8. The van der Waals surface area contributed by atoms with Gasteiger partial charge in [0.05, 0.1) is 10.5 Å². The third-order valence-electron chi connectivity index (χ3n) is 2.86. The Morgan fingerprint density at radius 3 is 2.71 bits per heavy atom. The summed E-state index contributed by atoms with van der Waals surface area (Å²) in [7, 11) is 0. The standard InChI is InChI=1S/C12H16ClN3O/c1-6(2)4-7(3)9-8(13)5-14-11-10(9)15-12(17)16-11/h5-7H,4H2,1-3H3,(H2,14,15,16,17). The number of pyridine rings is 1. The maximum Gasteiger partial charge on any atom is 0.325 e. The summed E-state index contributed by atoms with van der Waals surface area (Å²) in [5, 5.41) is 0.612. The minimum absolute atomic E-state index is 0.243. The molecule has 0 aromatic carbocycles. The first-order chi connectivity index (χ1) is 7.99. The van der Waals surface area contributed by atoms with Crippen LogP contribution in [0.5, 0.6) is 0 Å². The number of rotatable bonds is 3. The average Bonchev–Trinajstić information content (AvgIpc) is 2.56. The summed E-state index contributed by atoms with van der Waals surface area (Å²) < 4.78 is 0. The van der Waals surface area contributed by atoms with Gasteiger partial charge in [0, 0.05) is 11.8 Å². The lowest BCUT2D eigenvalue weighted by Crippen LogP contribution is -2.02. The van der Waals surface area contributed by atoms with E-state index in [4.69, 9.17) is 11.6 Å². The summed E-state index contributed by atoms with van der Waals surface area (Å²) in [5.74, 6) is 0.870. The molecule has 0 aliphatic rings. The predicted molar refractivity (Wildman–Crippen MR) is 69.6 cm³/mol. The monoisotopic (exact) mass is 253 g/mol. The second kappa shape index (κ2) is 4.53. The fourth-order valence-electron chi connectivity index (χ4n) is 2.28. The number of H-pyrrole nitrogens is 2. The number of fused-ring (bicyclic) bond motifs is 1. The van der Waals surface area contributed by atoms with Crippen molar-refractivity contribution in [3.63, 3.8) is 0 Å². The maximum absolute atomic E-state index is 11.3. The Balaban J connectivity index is 2.57. The molecule has 0 aliphatic carbocycles. The molecule has 4 nitrogen and oxygen atoms in total. The van der Waals surface area contributed by atoms with E-state index < -0.39 is 0 Å². The van der Waals surface area contributed by atoms with Crippen LogP contribution < -0.4 is 5.69 Å². The van der Waals surface area contributed by atoms with Crippen LogP contribution in [0.4, 0.5) is 0 Å². The van der Waals surface area contributed by atoms with E-state index in [1.807, 2.05) is 0 Å². The first kappa shape index (κ1) is 12.2. The number of nitrogens with zero attached hydrogens (tertiary/aromatic N) is 1. The van der Waals surface area contributed by atoms with Gasteiger partial charge in [0.2, 0.25) is 0 Å². The van der Waals surface area contributed by atoms with E-state index in [1.54, 1.807) is 6.20 Å². The van der Waals surface area contributed by atoms with Gasteiger partial charge in [0.15, 0.2) is 5.65 Å². The Morgan fingerprint density at radius 1 is 1.35 bits per heavy atom. The van der Waals surface area contributed by atoms with E-state index in [-0.39, 0.29) is 5.69 Å². The molecule has 1 atom stereocenters. The highest BCUT2D eigenvalue weighted by atomic mass is 35.5. The molecule has 2 N–H and O–H groups in total. The first-order valence-corrected chi connectivity index (χ1v) is 6.13. The van der Waals surface area contributed by atoms with Gasteiger partial charge in [0.1, 0.15) is 0 Å². The van der Waals surface area contributed by atoms with Gasteiger partial charge in [-0.25, -0.2) is 9.78 Å². The maximum atomic E-state index is 11.3. The number of aromatic amines is 2. The lowest BCUT2D eigenvalue weighted by Gasteiger charge is -2.16. The van der Waals surface area contributed by atoms with Crippen LogP contribution in [0.1, 0.15) is 38.7 Å². The van der Waals surface area contributed by atoms with Gasteiger partial charge in [-0.2, -0.15) is 0 Å². The average molecular weight is 254 g/mol. The summed E-state index contributed by atoms with van der Waals surface area (Å²) in [6.07, 6.45) is 2.62. The Labute approximate surface area is 104 Å². The van der Waals surface area contributed by atoms with Gasteiger partial charge >= 0.3 is 5.69 Å². The molecule has 2 aromatic heterocycles. The Bertz CT molecular complexity index is 585. The fraction of sp³-hybridized carbons (Fsp3) is 0.500. The number of hydrogen-bond acceptors (Lipinski definition) is 2. The van der Waals surface area contributed by atoms with Crippen LogP contribution in [-0.2, 0) is 0 Å². The van der Waals surface area contributed by atoms with Crippen LogP contribution >= 0.6 is 11.6 Å². The summed E-state index contributed by atoms with van der Waals surface area (Å²) >= 11 is 6.19. The van der Waals surface area contributed by atoms with Gasteiger partial charge < -0.3 is 4.98 Å². The highest BCUT2D eigenvalue weighted by Gasteiger charge is 2.17. The number of aromatic nitrogens is 3. The van der Waals surface area contributed by atoms with Crippen LogP contribution in [0, 0.1) is 5.92 Å². The molecular weight excluding hydrogens is 238 g/mol. The van der Waals surface area contributed by atoms with Gasteiger partial charge in [0.25, 0.3) is 0 Å². The molecule has 2 heterocycles. The zero-order valence-corrected chi connectivity index (χ0v) is 10.9. The third kappa shape index (κ3) is 2.36. The summed E-state index contributed by atoms with van der Waals surface area (Å²) in [6, 6.07) is 0. The first-order valence-electron chi connectivity index (χ1n) is 5.75. The third-order valence-corrected chi connectivity index (χ3v) is 3.16. The molecule has 0 radical (unpaired) electrons. The SMILES string of the molecule is CC(C)CC(C)c1c(Cl)cnc2[nH]c(=O)[nH]c12. The van der Waals surface area contributed by atoms with Crippen molar-refractivity contribution in [1.82, 2.24) is 15.0 Å². The highest BCUT2D eigenvalue weighted by Crippen LogP contribution is 2.32. The van der Waals surface area contributed by atoms with Crippen molar-refractivity contribution in [2.45, 2.75) is 33.1 Å². The zero-order chi connectivity index (χ0) is 12.6. The highest BCUT2D eigenvalue weighted by molar-refractivity contribution is 6.32. The van der Waals surface area contributed by atoms with E-state index in [0.29, 0.717) is 22.5 Å². The molecule has 0 spiro atoms. The largest absolute Gasteiger partial charge is 0.325 e. The molecule has 2 aromatic rings. The van der Waals surface area contributed by atoms with Crippen LogP contribution in [0.2, 0.25) is 5.02 Å². The van der Waals surface area contributed by atoms with Crippen molar-refractivity contribution >= 4 is 22.8 Å². The second-order valence-electron chi connectivity index (χ2n) is 4.85. The molecule has 5 heteroatoms. The molecule has 0 bridgehead atoms. The van der Waals surface area contributed by atoms with Crippen molar-refractivity contribution in [2.24, 2.45) is 5.92 Å². The van der Waals surface area contributed by atoms with Gasteiger partial charge in [-0.15, -0.1) is 0 Å². The molecular formula is C12H16ClN3O. The molecule has 0 saturated heterocycles. The minimum Gasteiger partial charge on any atom is -0.304 e.